The maximum absolute atomic E-state index is 5.74. The first-order chi connectivity index (χ1) is 8.04. The van der Waals surface area contributed by atoms with Crippen molar-refractivity contribution in [2.75, 3.05) is 0 Å². The molecule has 0 radical (unpaired) electrons. The molecule has 0 spiro atoms. The van der Waals surface area contributed by atoms with Crippen LogP contribution >= 0.6 is 0 Å². The molecule has 0 amide bonds. The number of allylic oxidation sites excluding steroid dienone is 3. The van der Waals surface area contributed by atoms with Crippen molar-refractivity contribution in [2.24, 2.45) is 0 Å². The first-order valence-corrected chi connectivity index (χ1v) is 6.67. The SMILES string of the molecule is CC/C=C(\C)CC/C=C(\C)C1OC(C)C(C)O1. The zero-order valence-corrected chi connectivity index (χ0v) is 11.8. The summed E-state index contributed by atoms with van der Waals surface area (Å²) < 4.78 is 11.5. The lowest BCUT2D eigenvalue weighted by Crippen LogP contribution is -2.13. The van der Waals surface area contributed by atoms with Gasteiger partial charge in [0.15, 0.2) is 6.29 Å². The van der Waals surface area contributed by atoms with Gasteiger partial charge in [0.05, 0.1) is 12.2 Å². The lowest BCUT2D eigenvalue weighted by molar-refractivity contribution is -0.0334. The average molecular weight is 238 g/mol. The van der Waals surface area contributed by atoms with Crippen molar-refractivity contribution in [1.29, 1.82) is 0 Å². The summed E-state index contributed by atoms with van der Waals surface area (Å²) in [5.74, 6) is 0. The average Bonchev–Trinajstić information content (AvgIpc) is 2.59. The van der Waals surface area contributed by atoms with Crippen LogP contribution < -0.4 is 0 Å². The fourth-order valence-corrected chi connectivity index (χ4v) is 1.93. The molecule has 17 heavy (non-hydrogen) atoms. The van der Waals surface area contributed by atoms with E-state index >= 15 is 0 Å². The van der Waals surface area contributed by atoms with Crippen molar-refractivity contribution in [3.8, 4) is 0 Å². The Bertz CT molecular complexity index is 281. The molecule has 0 aromatic heterocycles. The van der Waals surface area contributed by atoms with Crippen molar-refractivity contribution in [2.45, 2.75) is 72.4 Å². The maximum Gasteiger partial charge on any atom is 0.180 e. The first-order valence-electron chi connectivity index (χ1n) is 6.67. The van der Waals surface area contributed by atoms with Crippen LogP contribution in [0.15, 0.2) is 23.3 Å². The van der Waals surface area contributed by atoms with Gasteiger partial charge in [0.25, 0.3) is 0 Å². The summed E-state index contributed by atoms with van der Waals surface area (Å²) in [6, 6.07) is 0. The summed E-state index contributed by atoms with van der Waals surface area (Å²) in [5.41, 5.74) is 2.66. The van der Waals surface area contributed by atoms with Crippen molar-refractivity contribution >= 4 is 0 Å². The topological polar surface area (TPSA) is 18.5 Å². The lowest BCUT2D eigenvalue weighted by atomic mass is 10.1. The van der Waals surface area contributed by atoms with Crippen LogP contribution in [0.4, 0.5) is 0 Å². The van der Waals surface area contributed by atoms with Crippen LogP contribution in [0.3, 0.4) is 0 Å². The van der Waals surface area contributed by atoms with Crippen molar-refractivity contribution in [3.05, 3.63) is 23.3 Å². The van der Waals surface area contributed by atoms with Crippen LogP contribution in [0.1, 0.15) is 53.9 Å². The van der Waals surface area contributed by atoms with Gasteiger partial charge in [-0.15, -0.1) is 0 Å². The second kappa shape index (κ2) is 6.97. The van der Waals surface area contributed by atoms with Crippen LogP contribution in [0.25, 0.3) is 0 Å². The summed E-state index contributed by atoms with van der Waals surface area (Å²) >= 11 is 0. The highest BCUT2D eigenvalue weighted by molar-refractivity contribution is 5.06. The summed E-state index contributed by atoms with van der Waals surface area (Å²) in [5, 5.41) is 0. The van der Waals surface area contributed by atoms with Gasteiger partial charge in [-0.3, -0.25) is 0 Å². The van der Waals surface area contributed by atoms with Crippen LogP contribution in [-0.2, 0) is 9.47 Å². The molecule has 0 aliphatic carbocycles. The molecule has 0 aromatic carbocycles. The molecule has 2 heteroatoms. The molecule has 1 fully saturated rings. The highest BCUT2D eigenvalue weighted by atomic mass is 16.7. The Morgan fingerprint density at radius 2 is 1.65 bits per heavy atom. The minimum atomic E-state index is -0.129. The highest BCUT2D eigenvalue weighted by Gasteiger charge is 2.30. The Morgan fingerprint density at radius 3 is 2.18 bits per heavy atom. The zero-order chi connectivity index (χ0) is 12.8. The van der Waals surface area contributed by atoms with E-state index in [0.29, 0.717) is 0 Å². The van der Waals surface area contributed by atoms with Crippen LogP contribution in [0.2, 0.25) is 0 Å². The minimum absolute atomic E-state index is 0.129. The summed E-state index contributed by atoms with van der Waals surface area (Å²) in [6.45, 7) is 10.6. The molecule has 2 atom stereocenters. The van der Waals surface area contributed by atoms with Gasteiger partial charge in [0.2, 0.25) is 0 Å². The Kier molecular flexibility index (Phi) is 5.93. The Morgan fingerprint density at radius 1 is 1.06 bits per heavy atom. The molecule has 0 N–H and O–H groups in total. The predicted octanol–water partition coefficient (Wildman–Crippen LogP) is 4.22. The Balaban J connectivity index is 2.37. The van der Waals surface area contributed by atoms with E-state index in [2.05, 4.69) is 46.8 Å². The van der Waals surface area contributed by atoms with Gasteiger partial charge >= 0.3 is 0 Å². The van der Waals surface area contributed by atoms with E-state index in [9.17, 15) is 0 Å². The van der Waals surface area contributed by atoms with Gasteiger partial charge in [-0.1, -0.05) is 24.6 Å². The molecule has 1 heterocycles. The van der Waals surface area contributed by atoms with Gasteiger partial charge in [0.1, 0.15) is 0 Å². The van der Waals surface area contributed by atoms with E-state index < -0.39 is 0 Å². The molecule has 2 nitrogen and oxygen atoms in total. The van der Waals surface area contributed by atoms with Gasteiger partial charge in [-0.05, 0) is 52.5 Å². The highest BCUT2D eigenvalue weighted by Crippen LogP contribution is 2.24. The third-order valence-corrected chi connectivity index (χ3v) is 3.27. The second-order valence-corrected chi connectivity index (χ2v) is 4.96. The van der Waals surface area contributed by atoms with Gasteiger partial charge in [-0.2, -0.15) is 0 Å². The second-order valence-electron chi connectivity index (χ2n) is 4.96. The van der Waals surface area contributed by atoms with E-state index in [1.165, 1.54) is 11.1 Å². The van der Waals surface area contributed by atoms with Crippen LogP contribution in [-0.4, -0.2) is 18.5 Å². The fraction of sp³-hybridized carbons (Fsp3) is 0.733. The zero-order valence-electron chi connectivity index (χ0n) is 11.8. The van der Waals surface area contributed by atoms with Crippen LogP contribution in [0.5, 0.6) is 0 Å². The molecular formula is C15H26O2. The molecule has 1 saturated heterocycles. The van der Waals surface area contributed by atoms with Gasteiger partial charge in [-0.25, -0.2) is 0 Å². The molecule has 1 aliphatic heterocycles. The van der Waals surface area contributed by atoms with E-state index in [4.69, 9.17) is 9.47 Å². The van der Waals surface area contributed by atoms with Crippen molar-refractivity contribution in [3.63, 3.8) is 0 Å². The molecule has 0 bridgehead atoms. The van der Waals surface area contributed by atoms with E-state index in [1.54, 1.807) is 0 Å². The molecule has 1 rings (SSSR count). The third kappa shape index (κ3) is 4.64. The summed E-state index contributed by atoms with van der Waals surface area (Å²) in [4.78, 5) is 0. The molecule has 2 unspecified atom stereocenters. The number of hydrogen-bond donors (Lipinski definition) is 0. The summed E-state index contributed by atoms with van der Waals surface area (Å²) in [7, 11) is 0. The van der Waals surface area contributed by atoms with E-state index in [-0.39, 0.29) is 18.5 Å². The molecular weight excluding hydrogens is 212 g/mol. The molecule has 98 valence electrons. The quantitative estimate of drug-likeness (QED) is 0.668. The molecule has 0 saturated carbocycles. The largest absolute Gasteiger partial charge is 0.343 e. The number of rotatable bonds is 5. The molecule has 1 aliphatic rings. The lowest BCUT2D eigenvalue weighted by Gasteiger charge is -2.10. The summed E-state index contributed by atoms with van der Waals surface area (Å²) in [6.07, 6.45) is 8.12. The van der Waals surface area contributed by atoms with Gasteiger partial charge < -0.3 is 9.47 Å². The predicted molar refractivity (Wildman–Crippen MR) is 71.9 cm³/mol. The Labute approximate surface area is 106 Å². The smallest absolute Gasteiger partial charge is 0.180 e. The monoisotopic (exact) mass is 238 g/mol. The number of ether oxygens (including phenoxy) is 2. The molecule has 0 aromatic rings. The number of hydrogen-bond acceptors (Lipinski definition) is 2. The van der Waals surface area contributed by atoms with E-state index in [0.717, 1.165) is 19.3 Å². The normalized spacial score (nSPS) is 31.0. The standard InChI is InChI=1S/C15H26O2/c1-6-8-11(2)9-7-10-12(3)15-16-13(4)14(5)17-15/h8,10,13-15H,6-7,9H2,1-5H3/b11-8+,12-10+. The third-order valence-electron chi connectivity index (χ3n) is 3.27. The first kappa shape index (κ1) is 14.5. The maximum atomic E-state index is 5.74. The Hall–Kier alpha value is -0.600. The minimum Gasteiger partial charge on any atom is -0.343 e. The van der Waals surface area contributed by atoms with Crippen LogP contribution in [0, 0.1) is 0 Å². The fourth-order valence-electron chi connectivity index (χ4n) is 1.93. The van der Waals surface area contributed by atoms with Crippen molar-refractivity contribution < 1.29 is 9.47 Å². The van der Waals surface area contributed by atoms with E-state index in [1.807, 2.05) is 0 Å². The van der Waals surface area contributed by atoms with Gasteiger partial charge in [0, 0.05) is 0 Å². The van der Waals surface area contributed by atoms with Crippen molar-refractivity contribution in [1.82, 2.24) is 0 Å².